The summed E-state index contributed by atoms with van der Waals surface area (Å²) in [5.41, 5.74) is 2.38. The topological polar surface area (TPSA) is 32.3 Å². The maximum absolute atomic E-state index is 12.6. The van der Waals surface area contributed by atoms with Gasteiger partial charge in [0.05, 0.1) is 6.42 Å². The molecule has 1 aliphatic heterocycles. The van der Waals surface area contributed by atoms with Crippen LogP contribution in [-0.4, -0.2) is 36.0 Å². The zero-order valence-corrected chi connectivity index (χ0v) is 12.3. The monoisotopic (exact) mass is 272 g/mol. The van der Waals surface area contributed by atoms with Crippen molar-refractivity contribution < 1.29 is 4.79 Å². The Morgan fingerprint density at radius 2 is 2.00 bits per heavy atom. The van der Waals surface area contributed by atoms with E-state index in [2.05, 4.69) is 41.4 Å². The third kappa shape index (κ3) is 3.40. The van der Waals surface area contributed by atoms with Crippen molar-refractivity contribution in [1.82, 2.24) is 10.2 Å². The van der Waals surface area contributed by atoms with E-state index in [0.29, 0.717) is 24.4 Å². The number of aryl methyl sites for hydroxylation is 1. The maximum Gasteiger partial charge on any atom is 0.227 e. The van der Waals surface area contributed by atoms with E-state index >= 15 is 0 Å². The van der Waals surface area contributed by atoms with E-state index in [0.717, 1.165) is 18.7 Å². The largest absolute Gasteiger partial charge is 0.338 e. The Hall–Kier alpha value is -1.35. The van der Waals surface area contributed by atoms with Crippen LogP contribution in [-0.2, 0) is 11.2 Å². The summed E-state index contributed by atoms with van der Waals surface area (Å²) in [6, 6.07) is 9.34. The van der Waals surface area contributed by atoms with E-state index in [9.17, 15) is 4.79 Å². The molecule has 108 valence electrons. The van der Waals surface area contributed by atoms with E-state index in [4.69, 9.17) is 0 Å². The van der Waals surface area contributed by atoms with Gasteiger partial charge in [0.2, 0.25) is 5.91 Å². The second-order valence-electron chi connectivity index (χ2n) is 6.23. The second-order valence-corrected chi connectivity index (χ2v) is 6.23. The van der Waals surface area contributed by atoms with Crippen LogP contribution >= 0.6 is 0 Å². The van der Waals surface area contributed by atoms with Crippen molar-refractivity contribution in [1.29, 1.82) is 0 Å². The zero-order chi connectivity index (χ0) is 13.9. The molecule has 1 unspecified atom stereocenters. The van der Waals surface area contributed by atoms with Crippen molar-refractivity contribution in [2.24, 2.45) is 0 Å². The van der Waals surface area contributed by atoms with Crippen LogP contribution in [0.3, 0.4) is 0 Å². The van der Waals surface area contributed by atoms with Gasteiger partial charge >= 0.3 is 0 Å². The fourth-order valence-corrected chi connectivity index (χ4v) is 2.97. The van der Waals surface area contributed by atoms with Gasteiger partial charge in [-0.15, -0.1) is 0 Å². The highest BCUT2D eigenvalue weighted by Crippen LogP contribution is 2.28. The molecule has 0 spiro atoms. The SMILES string of the molecule is Cc1ccc(CC(=O)N(CC2CCCN2)C2CC2)cc1. The van der Waals surface area contributed by atoms with Crippen molar-refractivity contribution >= 4 is 5.91 Å². The van der Waals surface area contributed by atoms with Crippen LogP contribution < -0.4 is 5.32 Å². The highest BCUT2D eigenvalue weighted by molar-refractivity contribution is 5.79. The van der Waals surface area contributed by atoms with Crippen molar-refractivity contribution in [2.75, 3.05) is 13.1 Å². The first-order valence-electron chi connectivity index (χ1n) is 7.81. The normalized spacial score (nSPS) is 21.9. The molecule has 1 aromatic rings. The van der Waals surface area contributed by atoms with E-state index in [1.54, 1.807) is 0 Å². The Balaban J connectivity index is 1.61. The Kier molecular flexibility index (Phi) is 4.06. The summed E-state index contributed by atoms with van der Waals surface area (Å²) >= 11 is 0. The molecule has 1 saturated carbocycles. The minimum absolute atomic E-state index is 0.296. The predicted octanol–water partition coefficient (Wildman–Crippen LogP) is 2.28. The number of nitrogens with zero attached hydrogens (tertiary/aromatic N) is 1. The predicted molar refractivity (Wildman–Crippen MR) is 80.6 cm³/mol. The summed E-state index contributed by atoms with van der Waals surface area (Å²) in [5.74, 6) is 0.296. The van der Waals surface area contributed by atoms with Crippen LogP contribution in [0.2, 0.25) is 0 Å². The number of hydrogen-bond acceptors (Lipinski definition) is 2. The minimum atomic E-state index is 0.296. The molecule has 1 aliphatic carbocycles. The Morgan fingerprint density at radius 3 is 2.60 bits per heavy atom. The average Bonchev–Trinajstić information content (AvgIpc) is 3.15. The molecule has 2 aliphatic rings. The Morgan fingerprint density at radius 1 is 1.25 bits per heavy atom. The maximum atomic E-state index is 12.6. The number of rotatable bonds is 5. The molecule has 1 saturated heterocycles. The lowest BCUT2D eigenvalue weighted by atomic mass is 10.1. The second kappa shape index (κ2) is 5.96. The summed E-state index contributed by atoms with van der Waals surface area (Å²) in [6.07, 6.45) is 5.37. The van der Waals surface area contributed by atoms with E-state index < -0.39 is 0 Å². The number of amides is 1. The van der Waals surface area contributed by atoms with Crippen molar-refractivity contribution in [3.05, 3.63) is 35.4 Å². The van der Waals surface area contributed by atoms with Crippen LogP contribution in [0.4, 0.5) is 0 Å². The molecule has 2 fully saturated rings. The summed E-state index contributed by atoms with van der Waals surface area (Å²) in [6.45, 7) is 4.08. The summed E-state index contributed by atoms with van der Waals surface area (Å²) in [4.78, 5) is 14.7. The Bertz CT molecular complexity index is 458. The number of carbonyl (C=O) groups excluding carboxylic acids is 1. The summed E-state index contributed by atoms with van der Waals surface area (Å²) in [5, 5.41) is 3.50. The molecule has 1 amide bonds. The lowest BCUT2D eigenvalue weighted by Crippen LogP contribution is -2.43. The molecule has 0 radical (unpaired) electrons. The highest BCUT2D eigenvalue weighted by Gasteiger charge is 2.34. The van der Waals surface area contributed by atoms with Gasteiger partial charge < -0.3 is 10.2 Å². The molecule has 0 bridgehead atoms. The first-order chi connectivity index (χ1) is 9.72. The van der Waals surface area contributed by atoms with Gasteiger partial charge in [0.15, 0.2) is 0 Å². The molecule has 3 nitrogen and oxygen atoms in total. The first kappa shape index (κ1) is 13.6. The average molecular weight is 272 g/mol. The number of nitrogens with one attached hydrogen (secondary N) is 1. The fraction of sp³-hybridized carbons (Fsp3) is 0.588. The zero-order valence-electron chi connectivity index (χ0n) is 12.3. The third-order valence-electron chi connectivity index (χ3n) is 4.36. The fourth-order valence-electron chi connectivity index (χ4n) is 2.97. The van der Waals surface area contributed by atoms with Crippen LogP contribution in [0.15, 0.2) is 24.3 Å². The summed E-state index contributed by atoms with van der Waals surface area (Å²) in [7, 11) is 0. The van der Waals surface area contributed by atoms with Crippen molar-refractivity contribution in [3.8, 4) is 0 Å². The number of benzene rings is 1. The molecule has 0 aromatic heterocycles. The minimum Gasteiger partial charge on any atom is -0.338 e. The van der Waals surface area contributed by atoms with Gasteiger partial charge in [-0.05, 0) is 44.7 Å². The first-order valence-corrected chi connectivity index (χ1v) is 7.81. The molecule has 1 atom stereocenters. The molecule has 1 aromatic carbocycles. The van der Waals surface area contributed by atoms with E-state index in [1.807, 2.05) is 0 Å². The van der Waals surface area contributed by atoms with Crippen LogP contribution in [0.5, 0.6) is 0 Å². The van der Waals surface area contributed by atoms with Gasteiger partial charge in [-0.2, -0.15) is 0 Å². The van der Waals surface area contributed by atoms with Crippen LogP contribution in [0, 0.1) is 6.92 Å². The van der Waals surface area contributed by atoms with Gasteiger partial charge in [-0.25, -0.2) is 0 Å². The van der Waals surface area contributed by atoms with Crippen molar-refractivity contribution in [3.63, 3.8) is 0 Å². The molecule has 1 N–H and O–H groups in total. The number of carbonyl (C=O) groups is 1. The van der Waals surface area contributed by atoms with Gasteiger partial charge in [-0.1, -0.05) is 29.8 Å². The van der Waals surface area contributed by atoms with Crippen LogP contribution in [0.1, 0.15) is 36.8 Å². The molecule has 20 heavy (non-hydrogen) atoms. The van der Waals surface area contributed by atoms with Crippen molar-refractivity contribution in [2.45, 2.75) is 51.1 Å². The number of hydrogen-bond donors (Lipinski definition) is 1. The van der Waals surface area contributed by atoms with E-state index in [-0.39, 0.29) is 0 Å². The lowest BCUT2D eigenvalue weighted by molar-refractivity contribution is -0.131. The molecule has 3 heteroatoms. The molecule has 3 rings (SSSR count). The van der Waals surface area contributed by atoms with Gasteiger partial charge in [0.1, 0.15) is 0 Å². The smallest absolute Gasteiger partial charge is 0.227 e. The standard InChI is InChI=1S/C17H24N2O/c1-13-4-6-14(7-5-13)11-17(20)19(16-8-9-16)12-15-3-2-10-18-15/h4-7,15-16,18H,2-3,8-12H2,1H3. The van der Waals surface area contributed by atoms with Gasteiger partial charge in [-0.3, -0.25) is 4.79 Å². The van der Waals surface area contributed by atoms with Gasteiger partial charge in [0, 0.05) is 18.6 Å². The lowest BCUT2D eigenvalue weighted by Gasteiger charge is -2.26. The van der Waals surface area contributed by atoms with Gasteiger partial charge in [0.25, 0.3) is 0 Å². The van der Waals surface area contributed by atoms with Crippen LogP contribution in [0.25, 0.3) is 0 Å². The third-order valence-corrected chi connectivity index (χ3v) is 4.36. The molecule has 1 heterocycles. The highest BCUT2D eigenvalue weighted by atomic mass is 16.2. The quantitative estimate of drug-likeness (QED) is 0.892. The summed E-state index contributed by atoms with van der Waals surface area (Å²) < 4.78 is 0. The Labute approximate surface area is 121 Å². The molecular formula is C17H24N2O. The molecular weight excluding hydrogens is 248 g/mol. The van der Waals surface area contributed by atoms with E-state index in [1.165, 1.54) is 31.2 Å².